The number of benzene rings is 1. The van der Waals surface area contributed by atoms with E-state index in [1.807, 2.05) is 35.2 Å². The number of imidazole rings is 1. The van der Waals surface area contributed by atoms with Crippen LogP contribution in [0.15, 0.2) is 41.3 Å². The van der Waals surface area contributed by atoms with E-state index in [4.69, 9.17) is 0 Å². The molecule has 0 atom stereocenters. The topological polar surface area (TPSA) is 55.1 Å². The highest BCUT2D eigenvalue weighted by Gasteiger charge is 2.41. The Hall–Kier alpha value is -2.97. The molecule has 1 aliphatic heterocycles. The number of piperidine rings is 1. The number of hydrogen-bond donors (Lipinski definition) is 1. The van der Waals surface area contributed by atoms with Crippen molar-refractivity contribution >= 4 is 28.2 Å². The van der Waals surface area contributed by atoms with Gasteiger partial charge >= 0.3 is 11.9 Å². The minimum Gasteiger partial charge on any atom is -0.372 e. The average Bonchev–Trinajstić information content (AvgIpc) is 2.92. The van der Waals surface area contributed by atoms with Gasteiger partial charge in [-0.25, -0.2) is 9.78 Å². The van der Waals surface area contributed by atoms with Crippen molar-refractivity contribution < 1.29 is 13.2 Å². The zero-order chi connectivity index (χ0) is 20.8. The lowest BCUT2D eigenvalue weighted by atomic mass is 9.96. The van der Waals surface area contributed by atoms with Crippen LogP contribution in [0.1, 0.15) is 12.8 Å². The molecule has 3 aromatic rings. The van der Waals surface area contributed by atoms with Crippen LogP contribution < -0.4 is 15.9 Å². The Labute approximate surface area is 165 Å². The standard InChI is InChI=1S/C20H22F3N5O/c1-26-17-11-15(12-24-18(17)27(2)19(26)29)25-14-3-5-16(6-4-14)28-9-7-13(8-10-28)20(21,22)23/h3-6,11-13,25H,7-10H2,1-2H3. The molecule has 1 aliphatic rings. The SMILES string of the molecule is Cn1c(=O)n(C)c2ncc(Nc3ccc(N4CCC(C(F)(F)F)CC4)cc3)cc21. The Bertz CT molecular complexity index is 1080. The quantitative estimate of drug-likeness (QED) is 0.720. The number of hydrogen-bond acceptors (Lipinski definition) is 4. The Kier molecular flexibility index (Phi) is 4.76. The van der Waals surface area contributed by atoms with Gasteiger partial charge in [-0.05, 0) is 43.2 Å². The second kappa shape index (κ2) is 7.13. The Morgan fingerprint density at radius 2 is 1.69 bits per heavy atom. The fourth-order valence-corrected chi connectivity index (χ4v) is 3.83. The number of anilines is 3. The van der Waals surface area contributed by atoms with E-state index in [1.165, 1.54) is 4.57 Å². The van der Waals surface area contributed by atoms with Gasteiger partial charge < -0.3 is 10.2 Å². The molecule has 0 bridgehead atoms. The summed E-state index contributed by atoms with van der Waals surface area (Å²) in [6.45, 7) is 0.805. The molecular formula is C20H22F3N5O. The summed E-state index contributed by atoms with van der Waals surface area (Å²) in [5.41, 5.74) is 3.70. The fourth-order valence-electron chi connectivity index (χ4n) is 3.83. The van der Waals surface area contributed by atoms with E-state index in [9.17, 15) is 18.0 Å². The molecule has 0 radical (unpaired) electrons. The Morgan fingerprint density at radius 3 is 2.31 bits per heavy atom. The maximum absolute atomic E-state index is 12.8. The van der Waals surface area contributed by atoms with E-state index in [2.05, 4.69) is 10.3 Å². The van der Waals surface area contributed by atoms with Crippen molar-refractivity contribution in [2.45, 2.75) is 19.0 Å². The van der Waals surface area contributed by atoms with Crippen LogP contribution in [0.4, 0.5) is 30.2 Å². The van der Waals surface area contributed by atoms with Gasteiger partial charge in [0, 0.05) is 38.6 Å². The van der Waals surface area contributed by atoms with E-state index in [0.717, 1.165) is 22.6 Å². The fraction of sp³-hybridized carbons (Fsp3) is 0.400. The lowest BCUT2D eigenvalue weighted by Gasteiger charge is -2.34. The van der Waals surface area contributed by atoms with Crippen molar-refractivity contribution in [2.24, 2.45) is 20.0 Å². The van der Waals surface area contributed by atoms with Crippen molar-refractivity contribution in [3.63, 3.8) is 0 Å². The summed E-state index contributed by atoms with van der Waals surface area (Å²) in [6, 6.07) is 9.44. The van der Waals surface area contributed by atoms with Crippen LogP contribution in [0, 0.1) is 5.92 Å². The van der Waals surface area contributed by atoms with Crippen molar-refractivity contribution in [3.8, 4) is 0 Å². The first-order chi connectivity index (χ1) is 13.7. The molecule has 1 N–H and O–H groups in total. The van der Waals surface area contributed by atoms with E-state index >= 15 is 0 Å². The van der Waals surface area contributed by atoms with Gasteiger partial charge in [-0.1, -0.05) is 0 Å². The summed E-state index contributed by atoms with van der Waals surface area (Å²) >= 11 is 0. The van der Waals surface area contributed by atoms with Gasteiger partial charge in [0.2, 0.25) is 0 Å². The summed E-state index contributed by atoms with van der Waals surface area (Å²) in [5.74, 6) is -1.20. The third-order valence-corrected chi connectivity index (χ3v) is 5.58. The highest BCUT2D eigenvalue weighted by molar-refractivity contribution is 5.77. The van der Waals surface area contributed by atoms with E-state index in [0.29, 0.717) is 18.7 Å². The number of aromatic nitrogens is 3. The van der Waals surface area contributed by atoms with Crippen molar-refractivity contribution in [2.75, 3.05) is 23.3 Å². The van der Waals surface area contributed by atoms with Crippen molar-refractivity contribution in [1.29, 1.82) is 0 Å². The molecule has 0 saturated carbocycles. The number of alkyl halides is 3. The number of nitrogens with one attached hydrogen (secondary N) is 1. The molecule has 1 fully saturated rings. The zero-order valence-electron chi connectivity index (χ0n) is 16.2. The van der Waals surface area contributed by atoms with Gasteiger partial charge in [-0.2, -0.15) is 13.2 Å². The van der Waals surface area contributed by atoms with Crippen molar-refractivity contribution in [1.82, 2.24) is 14.1 Å². The molecule has 29 heavy (non-hydrogen) atoms. The number of halogens is 3. The molecule has 6 nitrogen and oxygen atoms in total. The second-order valence-electron chi connectivity index (χ2n) is 7.44. The first-order valence-electron chi connectivity index (χ1n) is 9.44. The number of fused-ring (bicyclic) bond motifs is 1. The predicted molar refractivity (Wildman–Crippen MR) is 107 cm³/mol. The van der Waals surface area contributed by atoms with Crippen LogP contribution >= 0.6 is 0 Å². The summed E-state index contributed by atoms with van der Waals surface area (Å²) in [7, 11) is 3.38. The zero-order valence-corrected chi connectivity index (χ0v) is 16.2. The largest absolute Gasteiger partial charge is 0.391 e. The van der Waals surface area contributed by atoms with Crippen LogP contribution in [0.2, 0.25) is 0 Å². The Balaban J connectivity index is 1.46. The van der Waals surface area contributed by atoms with Crippen LogP contribution in [0.25, 0.3) is 11.2 Å². The summed E-state index contributed by atoms with van der Waals surface area (Å²) in [4.78, 5) is 18.4. The molecule has 9 heteroatoms. The molecule has 154 valence electrons. The predicted octanol–water partition coefficient (Wildman–Crippen LogP) is 3.79. The van der Waals surface area contributed by atoms with Gasteiger partial charge in [0.15, 0.2) is 5.65 Å². The summed E-state index contributed by atoms with van der Waals surface area (Å²) in [6.07, 6.45) is -2.18. The maximum atomic E-state index is 12.8. The smallest absolute Gasteiger partial charge is 0.372 e. The highest BCUT2D eigenvalue weighted by atomic mass is 19.4. The minimum absolute atomic E-state index is 0.130. The normalized spacial score (nSPS) is 15.8. The Morgan fingerprint density at radius 1 is 1.03 bits per heavy atom. The van der Waals surface area contributed by atoms with Crippen LogP contribution in [0.5, 0.6) is 0 Å². The highest BCUT2D eigenvalue weighted by Crippen LogP contribution is 2.35. The molecule has 1 saturated heterocycles. The van der Waals surface area contributed by atoms with Crippen LogP contribution in [0.3, 0.4) is 0 Å². The lowest BCUT2D eigenvalue weighted by molar-refractivity contribution is -0.179. The number of pyridine rings is 1. The number of rotatable bonds is 3. The summed E-state index contributed by atoms with van der Waals surface area (Å²) < 4.78 is 41.5. The van der Waals surface area contributed by atoms with Crippen LogP contribution in [-0.4, -0.2) is 33.4 Å². The molecule has 0 spiro atoms. The van der Waals surface area contributed by atoms with E-state index in [-0.39, 0.29) is 18.5 Å². The monoisotopic (exact) mass is 405 g/mol. The van der Waals surface area contributed by atoms with Gasteiger partial charge in [0.25, 0.3) is 0 Å². The van der Waals surface area contributed by atoms with Gasteiger partial charge in [-0.3, -0.25) is 9.13 Å². The minimum atomic E-state index is -4.10. The number of aryl methyl sites for hydroxylation is 2. The van der Waals surface area contributed by atoms with E-state index in [1.54, 1.807) is 24.9 Å². The van der Waals surface area contributed by atoms with Gasteiger partial charge in [0.1, 0.15) is 0 Å². The van der Waals surface area contributed by atoms with Crippen LogP contribution in [-0.2, 0) is 14.1 Å². The third kappa shape index (κ3) is 3.68. The molecule has 0 amide bonds. The molecular weight excluding hydrogens is 383 g/mol. The molecule has 3 heterocycles. The first-order valence-corrected chi connectivity index (χ1v) is 9.44. The lowest BCUT2D eigenvalue weighted by Crippen LogP contribution is -2.38. The second-order valence-corrected chi connectivity index (χ2v) is 7.44. The average molecular weight is 405 g/mol. The number of nitrogens with zero attached hydrogens (tertiary/aromatic N) is 4. The van der Waals surface area contributed by atoms with E-state index < -0.39 is 12.1 Å². The van der Waals surface area contributed by atoms with Gasteiger partial charge in [-0.15, -0.1) is 0 Å². The molecule has 4 rings (SSSR count). The molecule has 1 aromatic carbocycles. The van der Waals surface area contributed by atoms with Crippen molar-refractivity contribution in [3.05, 3.63) is 47.0 Å². The third-order valence-electron chi connectivity index (χ3n) is 5.58. The maximum Gasteiger partial charge on any atom is 0.391 e. The molecule has 0 aliphatic carbocycles. The first kappa shape index (κ1) is 19.4. The summed E-state index contributed by atoms with van der Waals surface area (Å²) in [5, 5.41) is 3.25. The molecule has 0 unspecified atom stereocenters. The molecule has 2 aromatic heterocycles. The van der Waals surface area contributed by atoms with Gasteiger partial charge in [0.05, 0.1) is 23.3 Å².